The lowest BCUT2D eigenvalue weighted by Gasteiger charge is -2.09. The maximum atomic E-state index is 11.5. The van der Waals surface area contributed by atoms with Crippen molar-refractivity contribution >= 4 is 11.6 Å². The lowest BCUT2D eigenvalue weighted by molar-refractivity contribution is -0.120. The number of carbonyl (C=O) groups is 1. The quantitative estimate of drug-likeness (QED) is 0.425. The van der Waals surface area contributed by atoms with Crippen molar-refractivity contribution in [3.63, 3.8) is 0 Å². The van der Waals surface area contributed by atoms with Crippen molar-refractivity contribution in [2.45, 2.75) is 19.4 Å². The summed E-state index contributed by atoms with van der Waals surface area (Å²) >= 11 is 0. The molecule has 5 nitrogen and oxygen atoms in total. The van der Waals surface area contributed by atoms with E-state index in [0.717, 1.165) is 0 Å². The first-order valence-electron chi connectivity index (χ1n) is 5.08. The number of nitrogens with one attached hydrogen (secondary N) is 1. The van der Waals surface area contributed by atoms with Gasteiger partial charge in [-0.05, 0) is 30.7 Å². The Morgan fingerprint density at radius 3 is 2.88 bits per heavy atom. The number of phenols is 1. The molecule has 16 heavy (non-hydrogen) atoms. The van der Waals surface area contributed by atoms with Crippen LogP contribution in [0.15, 0.2) is 18.2 Å². The van der Waals surface area contributed by atoms with Crippen LogP contribution >= 0.6 is 0 Å². The standard InChI is InChI=1S/C11H17N3O2/c1-7(12)6-14-11(16)5-8-4-9(15)2-3-10(8)13/h2-4,7,15H,5-6,12-13H2,1H3,(H,14,16). The molecule has 0 radical (unpaired) electrons. The second kappa shape index (κ2) is 5.37. The number of nitrogen functional groups attached to an aromatic ring is 1. The van der Waals surface area contributed by atoms with Crippen LogP contribution in [0.5, 0.6) is 5.75 Å². The van der Waals surface area contributed by atoms with E-state index in [-0.39, 0.29) is 24.1 Å². The summed E-state index contributed by atoms with van der Waals surface area (Å²) in [5.74, 6) is -0.0567. The Labute approximate surface area is 94.4 Å². The SMILES string of the molecule is CC(N)CNC(=O)Cc1cc(O)ccc1N. The maximum absolute atomic E-state index is 11.5. The van der Waals surface area contributed by atoms with Crippen LogP contribution in [0.2, 0.25) is 0 Å². The largest absolute Gasteiger partial charge is 0.508 e. The fraction of sp³-hybridized carbons (Fsp3) is 0.364. The van der Waals surface area contributed by atoms with Crippen LogP contribution in [-0.4, -0.2) is 23.6 Å². The summed E-state index contributed by atoms with van der Waals surface area (Å²) in [6.07, 6.45) is 0.146. The third kappa shape index (κ3) is 3.78. The number of anilines is 1. The molecule has 1 unspecified atom stereocenters. The number of rotatable bonds is 4. The minimum Gasteiger partial charge on any atom is -0.508 e. The van der Waals surface area contributed by atoms with Crippen molar-refractivity contribution in [3.05, 3.63) is 23.8 Å². The van der Waals surface area contributed by atoms with Gasteiger partial charge in [0.2, 0.25) is 5.91 Å². The molecule has 1 aromatic rings. The molecule has 88 valence electrons. The number of aromatic hydroxyl groups is 1. The van der Waals surface area contributed by atoms with E-state index < -0.39 is 0 Å². The molecule has 0 spiro atoms. The zero-order valence-electron chi connectivity index (χ0n) is 9.23. The Bertz CT molecular complexity index is 377. The topological polar surface area (TPSA) is 101 Å². The van der Waals surface area contributed by atoms with Gasteiger partial charge in [-0.25, -0.2) is 0 Å². The molecule has 0 saturated heterocycles. The molecule has 1 aromatic carbocycles. The van der Waals surface area contributed by atoms with Crippen molar-refractivity contribution in [3.8, 4) is 5.75 Å². The average molecular weight is 223 g/mol. The highest BCUT2D eigenvalue weighted by molar-refractivity contribution is 5.80. The average Bonchev–Trinajstić information content (AvgIpc) is 2.20. The van der Waals surface area contributed by atoms with Gasteiger partial charge < -0.3 is 21.9 Å². The van der Waals surface area contributed by atoms with E-state index in [9.17, 15) is 9.90 Å². The smallest absolute Gasteiger partial charge is 0.224 e. The van der Waals surface area contributed by atoms with Crippen molar-refractivity contribution in [2.24, 2.45) is 5.73 Å². The Kier molecular flexibility index (Phi) is 4.13. The molecule has 0 aliphatic rings. The van der Waals surface area contributed by atoms with Crippen molar-refractivity contribution in [1.82, 2.24) is 5.32 Å². The molecule has 0 aliphatic carbocycles. The number of carbonyl (C=O) groups excluding carboxylic acids is 1. The van der Waals surface area contributed by atoms with Gasteiger partial charge in [0.05, 0.1) is 6.42 Å². The molecule has 0 heterocycles. The Morgan fingerprint density at radius 2 is 2.25 bits per heavy atom. The minimum absolute atomic E-state index is 0.0783. The van der Waals surface area contributed by atoms with Crippen LogP contribution in [0.4, 0.5) is 5.69 Å². The van der Waals surface area contributed by atoms with Crippen molar-refractivity contribution < 1.29 is 9.90 Å². The lowest BCUT2D eigenvalue weighted by atomic mass is 10.1. The zero-order valence-corrected chi connectivity index (χ0v) is 9.23. The first-order valence-corrected chi connectivity index (χ1v) is 5.08. The molecular formula is C11H17N3O2. The Hall–Kier alpha value is -1.75. The van der Waals surface area contributed by atoms with Crippen LogP contribution in [0.3, 0.4) is 0 Å². The number of hydrogen-bond acceptors (Lipinski definition) is 4. The summed E-state index contributed by atoms with van der Waals surface area (Å²) in [6.45, 7) is 2.24. The van der Waals surface area contributed by atoms with Gasteiger partial charge in [0, 0.05) is 18.3 Å². The van der Waals surface area contributed by atoms with E-state index in [4.69, 9.17) is 11.5 Å². The molecule has 0 saturated carbocycles. The third-order valence-corrected chi connectivity index (χ3v) is 2.10. The van der Waals surface area contributed by atoms with Gasteiger partial charge in [-0.3, -0.25) is 4.79 Å². The lowest BCUT2D eigenvalue weighted by Crippen LogP contribution is -2.36. The number of benzene rings is 1. The van der Waals surface area contributed by atoms with Crippen LogP contribution in [-0.2, 0) is 11.2 Å². The molecule has 1 amide bonds. The van der Waals surface area contributed by atoms with Crippen LogP contribution in [0.25, 0.3) is 0 Å². The van der Waals surface area contributed by atoms with Gasteiger partial charge in [-0.2, -0.15) is 0 Å². The van der Waals surface area contributed by atoms with Crippen molar-refractivity contribution in [1.29, 1.82) is 0 Å². The van der Waals surface area contributed by atoms with Crippen LogP contribution in [0.1, 0.15) is 12.5 Å². The third-order valence-electron chi connectivity index (χ3n) is 2.10. The van der Waals surface area contributed by atoms with E-state index in [0.29, 0.717) is 17.8 Å². The summed E-state index contributed by atoms with van der Waals surface area (Å²) < 4.78 is 0. The Balaban J connectivity index is 2.59. The number of phenolic OH excluding ortho intramolecular Hbond substituents is 1. The highest BCUT2D eigenvalue weighted by Crippen LogP contribution is 2.18. The minimum atomic E-state index is -0.158. The van der Waals surface area contributed by atoms with Gasteiger partial charge in [0.25, 0.3) is 0 Å². The molecule has 0 aromatic heterocycles. The molecule has 1 atom stereocenters. The normalized spacial score (nSPS) is 12.1. The van der Waals surface area contributed by atoms with E-state index >= 15 is 0 Å². The van der Waals surface area contributed by atoms with Gasteiger partial charge in [0.15, 0.2) is 0 Å². The summed E-state index contributed by atoms with van der Waals surface area (Å²) in [7, 11) is 0. The predicted octanol–water partition coefficient (Wildman–Crippen LogP) is -0.0197. The number of amides is 1. The van der Waals surface area contributed by atoms with Gasteiger partial charge in [-0.15, -0.1) is 0 Å². The fourth-order valence-electron chi connectivity index (χ4n) is 1.26. The molecule has 0 aliphatic heterocycles. The molecular weight excluding hydrogens is 206 g/mol. The van der Waals surface area contributed by atoms with Gasteiger partial charge in [-0.1, -0.05) is 0 Å². The van der Waals surface area contributed by atoms with Gasteiger partial charge >= 0.3 is 0 Å². The molecule has 6 N–H and O–H groups in total. The molecule has 1 rings (SSSR count). The number of nitrogens with two attached hydrogens (primary N) is 2. The summed E-state index contributed by atoms with van der Waals surface area (Å²) in [5, 5.41) is 11.9. The summed E-state index contributed by atoms with van der Waals surface area (Å²) in [6, 6.07) is 4.47. The summed E-state index contributed by atoms with van der Waals surface area (Å²) in [4.78, 5) is 11.5. The maximum Gasteiger partial charge on any atom is 0.224 e. The van der Waals surface area contributed by atoms with E-state index in [1.165, 1.54) is 12.1 Å². The molecule has 5 heteroatoms. The van der Waals surface area contributed by atoms with E-state index in [1.807, 2.05) is 6.92 Å². The monoisotopic (exact) mass is 223 g/mol. The van der Waals surface area contributed by atoms with Crippen LogP contribution < -0.4 is 16.8 Å². The first kappa shape index (κ1) is 12.3. The fourth-order valence-corrected chi connectivity index (χ4v) is 1.26. The second-order valence-corrected chi connectivity index (χ2v) is 3.84. The van der Waals surface area contributed by atoms with Gasteiger partial charge in [0.1, 0.15) is 5.75 Å². The molecule has 0 fully saturated rings. The Morgan fingerprint density at radius 1 is 1.56 bits per heavy atom. The van der Waals surface area contributed by atoms with E-state index in [2.05, 4.69) is 5.32 Å². The molecule has 0 bridgehead atoms. The van der Waals surface area contributed by atoms with Crippen molar-refractivity contribution in [2.75, 3.05) is 12.3 Å². The summed E-state index contributed by atoms with van der Waals surface area (Å²) in [5.41, 5.74) is 12.3. The number of hydrogen-bond donors (Lipinski definition) is 4. The zero-order chi connectivity index (χ0) is 12.1. The predicted molar refractivity (Wildman–Crippen MR) is 62.9 cm³/mol. The highest BCUT2D eigenvalue weighted by Gasteiger charge is 2.07. The van der Waals surface area contributed by atoms with Crippen LogP contribution in [0, 0.1) is 0 Å². The van der Waals surface area contributed by atoms with E-state index in [1.54, 1.807) is 6.07 Å². The second-order valence-electron chi connectivity index (χ2n) is 3.84. The first-order chi connectivity index (χ1) is 7.49. The highest BCUT2D eigenvalue weighted by atomic mass is 16.3.